The molecular weight excluding hydrogens is 228 g/mol. The minimum atomic E-state index is -0.320. The van der Waals surface area contributed by atoms with Crippen LogP contribution in [0.15, 0.2) is 30.4 Å². The molecule has 1 aromatic carbocycles. The zero-order chi connectivity index (χ0) is 12.7. The van der Waals surface area contributed by atoms with Gasteiger partial charge in [-0.05, 0) is 31.7 Å². The van der Waals surface area contributed by atoms with Crippen LogP contribution >= 0.6 is 0 Å². The second kappa shape index (κ2) is 4.12. The number of fused-ring (bicyclic) bond motifs is 1. The molecule has 4 nitrogen and oxygen atoms in total. The third-order valence-corrected chi connectivity index (χ3v) is 4.12. The van der Waals surface area contributed by atoms with Crippen LogP contribution in [0.25, 0.3) is 0 Å². The highest BCUT2D eigenvalue weighted by Gasteiger charge is 2.40. The number of nitro benzene ring substituents is 1. The van der Waals surface area contributed by atoms with Crippen LogP contribution in [0.1, 0.15) is 18.4 Å². The smallest absolute Gasteiger partial charge is 0.274 e. The van der Waals surface area contributed by atoms with Gasteiger partial charge < -0.3 is 5.32 Å². The number of allylic oxidation sites excluding steroid dienone is 1. The van der Waals surface area contributed by atoms with Crippen molar-refractivity contribution >= 4 is 11.4 Å². The lowest BCUT2D eigenvalue weighted by atomic mass is 9.71. The van der Waals surface area contributed by atoms with Crippen LogP contribution in [0.5, 0.6) is 0 Å². The molecule has 0 radical (unpaired) electrons. The highest BCUT2D eigenvalue weighted by Crippen LogP contribution is 2.44. The number of aryl methyl sites for hydroxylation is 1. The lowest BCUT2D eigenvalue weighted by Crippen LogP contribution is -2.43. The molecule has 2 aliphatic carbocycles. The summed E-state index contributed by atoms with van der Waals surface area (Å²) >= 11 is 0. The molecule has 3 unspecified atom stereocenters. The molecule has 0 spiro atoms. The van der Waals surface area contributed by atoms with Crippen molar-refractivity contribution in [2.45, 2.75) is 25.8 Å². The molecule has 94 valence electrons. The molecule has 1 fully saturated rings. The number of benzene rings is 1. The van der Waals surface area contributed by atoms with Gasteiger partial charge in [0, 0.05) is 29.3 Å². The molecule has 3 atom stereocenters. The van der Waals surface area contributed by atoms with E-state index in [-0.39, 0.29) is 10.6 Å². The Kier molecular flexibility index (Phi) is 2.58. The van der Waals surface area contributed by atoms with Gasteiger partial charge in [-0.2, -0.15) is 0 Å². The first kappa shape index (κ1) is 11.3. The summed E-state index contributed by atoms with van der Waals surface area (Å²) in [6.07, 6.45) is 6.87. The summed E-state index contributed by atoms with van der Waals surface area (Å²) in [5.74, 6) is 1.41. The minimum Gasteiger partial charge on any atom is -0.381 e. The van der Waals surface area contributed by atoms with Gasteiger partial charge in [0.2, 0.25) is 0 Å². The Morgan fingerprint density at radius 3 is 3.00 bits per heavy atom. The fourth-order valence-corrected chi connectivity index (χ4v) is 2.99. The third-order valence-electron chi connectivity index (χ3n) is 4.12. The molecule has 3 rings (SSSR count). The molecule has 4 heteroatoms. The highest BCUT2D eigenvalue weighted by atomic mass is 16.6. The van der Waals surface area contributed by atoms with Gasteiger partial charge in [-0.3, -0.25) is 10.1 Å². The van der Waals surface area contributed by atoms with E-state index in [4.69, 9.17) is 0 Å². The maximum absolute atomic E-state index is 10.9. The molecule has 2 aliphatic rings. The molecule has 0 aromatic heterocycles. The van der Waals surface area contributed by atoms with E-state index in [2.05, 4.69) is 17.5 Å². The Hall–Kier alpha value is -1.84. The summed E-state index contributed by atoms with van der Waals surface area (Å²) in [5, 5.41) is 14.3. The van der Waals surface area contributed by atoms with Crippen LogP contribution in [0, 0.1) is 28.9 Å². The zero-order valence-electron chi connectivity index (χ0n) is 10.3. The lowest BCUT2D eigenvalue weighted by molar-refractivity contribution is -0.385. The highest BCUT2D eigenvalue weighted by molar-refractivity contribution is 5.55. The quantitative estimate of drug-likeness (QED) is 0.504. The molecular formula is C14H16N2O2. The summed E-state index contributed by atoms with van der Waals surface area (Å²) in [5.41, 5.74) is 1.76. The third kappa shape index (κ3) is 1.78. The van der Waals surface area contributed by atoms with Crippen LogP contribution in [0.4, 0.5) is 11.4 Å². The monoisotopic (exact) mass is 244 g/mol. The molecule has 0 heterocycles. The molecule has 1 saturated carbocycles. The molecule has 0 amide bonds. The van der Waals surface area contributed by atoms with Crippen LogP contribution in [0.2, 0.25) is 0 Å². The van der Waals surface area contributed by atoms with Gasteiger partial charge in [0.1, 0.15) is 0 Å². The van der Waals surface area contributed by atoms with E-state index in [1.54, 1.807) is 19.1 Å². The summed E-state index contributed by atoms with van der Waals surface area (Å²) < 4.78 is 0. The predicted molar refractivity (Wildman–Crippen MR) is 70.6 cm³/mol. The van der Waals surface area contributed by atoms with Gasteiger partial charge in [0.15, 0.2) is 0 Å². The Morgan fingerprint density at radius 1 is 1.44 bits per heavy atom. The fraction of sp³-hybridized carbons (Fsp3) is 0.429. The minimum absolute atomic E-state index is 0.192. The van der Waals surface area contributed by atoms with Crippen molar-refractivity contribution in [1.29, 1.82) is 0 Å². The second-order valence-corrected chi connectivity index (χ2v) is 5.25. The maximum Gasteiger partial charge on any atom is 0.274 e. The van der Waals surface area contributed by atoms with Crippen LogP contribution in [-0.4, -0.2) is 11.0 Å². The summed E-state index contributed by atoms with van der Waals surface area (Å²) in [6, 6.07) is 5.81. The van der Waals surface area contributed by atoms with Gasteiger partial charge in [0.25, 0.3) is 5.69 Å². The van der Waals surface area contributed by atoms with Crippen molar-refractivity contribution in [3.8, 4) is 0 Å². The fourth-order valence-electron chi connectivity index (χ4n) is 2.99. The number of rotatable bonds is 3. The summed E-state index contributed by atoms with van der Waals surface area (Å²) in [4.78, 5) is 10.6. The zero-order valence-corrected chi connectivity index (χ0v) is 10.3. The normalized spacial score (nSPS) is 28.6. The van der Waals surface area contributed by atoms with Crippen LogP contribution in [-0.2, 0) is 0 Å². The maximum atomic E-state index is 10.9. The van der Waals surface area contributed by atoms with Crippen LogP contribution in [0.3, 0.4) is 0 Å². The summed E-state index contributed by atoms with van der Waals surface area (Å²) in [7, 11) is 0. The number of anilines is 1. The Morgan fingerprint density at radius 2 is 2.28 bits per heavy atom. The molecule has 0 aliphatic heterocycles. The largest absolute Gasteiger partial charge is 0.381 e. The number of hydrogen-bond donors (Lipinski definition) is 1. The molecule has 0 bridgehead atoms. The van der Waals surface area contributed by atoms with Gasteiger partial charge in [-0.1, -0.05) is 18.2 Å². The van der Waals surface area contributed by atoms with Crippen molar-refractivity contribution in [2.24, 2.45) is 11.8 Å². The van der Waals surface area contributed by atoms with E-state index >= 15 is 0 Å². The standard InChI is InChI=1S/C14H16N2O2/c1-9-5-6-11(8-14(9)16(17)18)15-13-7-10-3-2-4-12(10)13/h2,4-6,8,10,12-13,15H,3,7H2,1H3. The van der Waals surface area contributed by atoms with Crippen molar-refractivity contribution < 1.29 is 4.92 Å². The Bertz CT molecular complexity index is 525. The van der Waals surface area contributed by atoms with E-state index in [0.717, 1.165) is 11.6 Å². The number of nitrogens with one attached hydrogen (secondary N) is 1. The summed E-state index contributed by atoms with van der Waals surface area (Å²) in [6.45, 7) is 1.76. The topological polar surface area (TPSA) is 55.2 Å². The first-order valence-electron chi connectivity index (χ1n) is 6.33. The van der Waals surface area contributed by atoms with Crippen molar-refractivity contribution in [3.05, 3.63) is 46.0 Å². The second-order valence-electron chi connectivity index (χ2n) is 5.25. The van der Waals surface area contributed by atoms with E-state index < -0.39 is 0 Å². The van der Waals surface area contributed by atoms with E-state index in [1.807, 2.05) is 6.07 Å². The van der Waals surface area contributed by atoms with E-state index in [0.29, 0.717) is 17.5 Å². The molecule has 1 aromatic rings. The van der Waals surface area contributed by atoms with Gasteiger partial charge in [0.05, 0.1) is 4.92 Å². The average Bonchev–Trinajstić information content (AvgIpc) is 2.69. The van der Waals surface area contributed by atoms with Crippen LogP contribution < -0.4 is 5.32 Å². The molecule has 0 saturated heterocycles. The first-order chi connectivity index (χ1) is 8.65. The number of nitro groups is 1. The predicted octanol–water partition coefficient (Wildman–Crippen LogP) is 3.28. The van der Waals surface area contributed by atoms with Crippen molar-refractivity contribution in [1.82, 2.24) is 0 Å². The van der Waals surface area contributed by atoms with Gasteiger partial charge in [-0.15, -0.1) is 0 Å². The first-order valence-corrected chi connectivity index (χ1v) is 6.33. The van der Waals surface area contributed by atoms with Crippen molar-refractivity contribution in [2.75, 3.05) is 5.32 Å². The average molecular weight is 244 g/mol. The van der Waals surface area contributed by atoms with Gasteiger partial charge >= 0.3 is 0 Å². The van der Waals surface area contributed by atoms with E-state index in [9.17, 15) is 10.1 Å². The number of hydrogen-bond acceptors (Lipinski definition) is 3. The van der Waals surface area contributed by atoms with E-state index in [1.165, 1.54) is 12.8 Å². The molecule has 1 N–H and O–H groups in total. The molecule has 18 heavy (non-hydrogen) atoms. The van der Waals surface area contributed by atoms with Crippen molar-refractivity contribution in [3.63, 3.8) is 0 Å². The lowest BCUT2D eigenvalue weighted by Gasteiger charge is -2.41. The Balaban J connectivity index is 1.75. The number of nitrogens with zero attached hydrogens (tertiary/aromatic N) is 1. The Labute approximate surface area is 106 Å². The van der Waals surface area contributed by atoms with Gasteiger partial charge in [-0.25, -0.2) is 0 Å². The SMILES string of the molecule is Cc1ccc(NC2CC3CC=CC32)cc1[N+](=O)[O-].